The van der Waals surface area contributed by atoms with Crippen molar-refractivity contribution >= 4 is 5.69 Å². The average molecular weight is 250 g/mol. The van der Waals surface area contributed by atoms with Crippen molar-refractivity contribution in [3.63, 3.8) is 0 Å². The van der Waals surface area contributed by atoms with Crippen molar-refractivity contribution in [1.29, 1.82) is 0 Å². The van der Waals surface area contributed by atoms with Gasteiger partial charge in [-0.25, -0.2) is 0 Å². The van der Waals surface area contributed by atoms with Crippen molar-refractivity contribution in [2.45, 2.75) is 18.9 Å². The highest BCUT2D eigenvalue weighted by molar-refractivity contribution is 5.43. The molecule has 0 atom stereocenters. The second-order valence-electron chi connectivity index (χ2n) is 4.75. The second-order valence-corrected chi connectivity index (χ2v) is 4.75. The molecule has 1 fully saturated rings. The van der Waals surface area contributed by atoms with E-state index < -0.39 is 0 Å². The Morgan fingerprint density at radius 3 is 2.89 bits per heavy atom. The van der Waals surface area contributed by atoms with Gasteiger partial charge < -0.3 is 15.2 Å². The second kappa shape index (κ2) is 6.61. The molecule has 4 heteroatoms. The van der Waals surface area contributed by atoms with E-state index >= 15 is 0 Å². The van der Waals surface area contributed by atoms with Crippen molar-refractivity contribution < 1.29 is 9.47 Å². The molecule has 1 heterocycles. The van der Waals surface area contributed by atoms with Crippen LogP contribution in [0.5, 0.6) is 5.75 Å². The fraction of sp³-hybridized carbons (Fsp3) is 0.571. The van der Waals surface area contributed by atoms with Gasteiger partial charge in [0.2, 0.25) is 0 Å². The van der Waals surface area contributed by atoms with Gasteiger partial charge in [-0.3, -0.25) is 4.90 Å². The molecule has 1 aromatic carbocycles. The zero-order valence-electron chi connectivity index (χ0n) is 11.0. The molecule has 0 unspecified atom stereocenters. The van der Waals surface area contributed by atoms with Crippen LogP contribution >= 0.6 is 0 Å². The van der Waals surface area contributed by atoms with E-state index in [1.807, 2.05) is 24.3 Å². The Morgan fingerprint density at radius 1 is 1.39 bits per heavy atom. The Morgan fingerprint density at radius 2 is 2.17 bits per heavy atom. The predicted octanol–water partition coefficient (Wildman–Crippen LogP) is 1.76. The molecule has 1 aliphatic rings. The van der Waals surface area contributed by atoms with Crippen LogP contribution in [-0.2, 0) is 4.74 Å². The molecule has 1 aromatic rings. The molecule has 2 rings (SSSR count). The normalized spacial score (nSPS) is 17.0. The minimum atomic E-state index is 0.628. The molecule has 0 aromatic heterocycles. The van der Waals surface area contributed by atoms with Crippen molar-refractivity contribution in [3.05, 3.63) is 24.3 Å². The molecular formula is C14H22N2O2. The van der Waals surface area contributed by atoms with E-state index in [0.717, 1.165) is 44.0 Å². The number of anilines is 1. The van der Waals surface area contributed by atoms with Crippen molar-refractivity contribution in [2.75, 3.05) is 39.1 Å². The molecule has 0 bridgehead atoms. The number of nitrogens with two attached hydrogens (primary N) is 1. The van der Waals surface area contributed by atoms with Crippen molar-refractivity contribution in [2.24, 2.45) is 0 Å². The van der Waals surface area contributed by atoms with Crippen LogP contribution in [0.1, 0.15) is 12.8 Å². The van der Waals surface area contributed by atoms with E-state index in [-0.39, 0.29) is 0 Å². The molecule has 18 heavy (non-hydrogen) atoms. The summed E-state index contributed by atoms with van der Waals surface area (Å²) >= 11 is 0. The van der Waals surface area contributed by atoms with Gasteiger partial charge in [0.05, 0.1) is 0 Å². The van der Waals surface area contributed by atoms with Gasteiger partial charge in [0.25, 0.3) is 0 Å². The van der Waals surface area contributed by atoms with Crippen LogP contribution in [0.3, 0.4) is 0 Å². The van der Waals surface area contributed by atoms with Crippen LogP contribution in [0.15, 0.2) is 24.3 Å². The molecule has 4 nitrogen and oxygen atoms in total. The van der Waals surface area contributed by atoms with Gasteiger partial charge in [-0.15, -0.1) is 0 Å². The molecule has 0 radical (unpaired) electrons. The van der Waals surface area contributed by atoms with Gasteiger partial charge in [0.15, 0.2) is 0 Å². The summed E-state index contributed by atoms with van der Waals surface area (Å²) in [5.41, 5.74) is 6.44. The van der Waals surface area contributed by atoms with E-state index in [1.165, 1.54) is 0 Å². The first-order chi connectivity index (χ1) is 8.75. The van der Waals surface area contributed by atoms with Gasteiger partial charge >= 0.3 is 0 Å². The molecule has 100 valence electrons. The molecule has 1 saturated heterocycles. The van der Waals surface area contributed by atoms with E-state index in [0.29, 0.717) is 12.6 Å². The summed E-state index contributed by atoms with van der Waals surface area (Å²) in [6.07, 6.45) is 2.24. The molecule has 0 amide bonds. The molecule has 2 N–H and O–H groups in total. The third kappa shape index (κ3) is 3.89. The van der Waals surface area contributed by atoms with Crippen LogP contribution < -0.4 is 10.5 Å². The maximum Gasteiger partial charge on any atom is 0.121 e. The highest BCUT2D eigenvalue weighted by Crippen LogP contribution is 2.15. The number of likely N-dealkylation sites (N-methyl/N-ethyl adjacent to an activating group) is 1. The summed E-state index contributed by atoms with van der Waals surface area (Å²) in [5.74, 6) is 0.843. The standard InChI is InChI=1S/C14H22N2O2/c1-16(13-5-8-17-9-6-13)7-10-18-14-4-2-3-12(15)11-14/h2-4,11,13H,5-10,15H2,1H3. The fourth-order valence-corrected chi connectivity index (χ4v) is 2.22. The zero-order chi connectivity index (χ0) is 12.8. The zero-order valence-corrected chi connectivity index (χ0v) is 11.0. The average Bonchev–Trinajstić information content (AvgIpc) is 2.40. The highest BCUT2D eigenvalue weighted by Gasteiger charge is 2.17. The van der Waals surface area contributed by atoms with Crippen LogP contribution in [-0.4, -0.2) is 44.4 Å². The monoisotopic (exact) mass is 250 g/mol. The van der Waals surface area contributed by atoms with Crippen LogP contribution in [0.25, 0.3) is 0 Å². The quantitative estimate of drug-likeness (QED) is 0.809. The Bertz CT molecular complexity index is 365. The lowest BCUT2D eigenvalue weighted by atomic mass is 10.1. The van der Waals surface area contributed by atoms with Crippen LogP contribution in [0, 0.1) is 0 Å². The maximum absolute atomic E-state index is 5.70. The van der Waals surface area contributed by atoms with Gasteiger partial charge in [-0.2, -0.15) is 0 Å². The Kier molecular flexibility index (Phi) is 4.84. The molecule has 1 aliphatic heterocycles. The largest absolute Gasteiger partial charge is 0.492 e. The Balaban J connectivity index is 1.71. The lowest BCUT2D eigenvalue weighted by molar-refractivity contribution is 0.0392. The summed E-state index contributed by atoms with van der Waals surface area (Å²) in [6.45, 7) is 3.38. The fourth-order valence-electron chi connectivity index (χ4n) is 2.22. The number of nitrogens with zero attached hydrogens (tertiary/aromatic N) is 1. The third-order valence-electron chi connectivity index (χ3n) is 3.38. The number of benzene rings is 1. The number of rotatable bonds is 5. The highest BCUT2D eigenvalue weighted by atomic mass is 16.5. The first-order valence-electron chi connectivity index (χ1n) is 6.52. The first-order valence-corrected chi connectivity index (χ1v) is 6.52. The summed E-state index contributed by atoms with van der Waals surface area (Å²) in [5, 5.41) is 0. The number of nitrogen functional groups attached to an aromatic ring is 1. The van der Waals surface area contributed by atoms with Gasteiger partial charge in [0, 0.05) is 37.6 Å². The predicted molar refractivity (Wildman–Crippen MR) is 72.8 cm³/mol. The topological polar surface area (TPSA) is 47.7 Å². The van der Waals surface area contributed by atoms with Crippen molar-refractivity contribution in [3.8, 4) is 5.75 Å². The SMILES string of the molecule is CN(CCOc1cccc(N)c1)C1CCOCC1. The van der Waals surface area contributed by atoms with Gasteiger partial charge in [-0.05, 0) is 32.0 Å². The Labute approximate surface area is 109 Å². The van der Waals surface area contributed by atoms with Crippen LogP contribution in [0.2, 0.25) is 0 Å². The Hall–Kier alpha value is -1.26. The summed E-state index contributed by atoms with van der Waals surface area (Å²) in [7, 11) is 2.15. The van der Waals surface area contributed by atoms with Gasteiger partial charge in [-0.1, -0.05) is 6.07 Å². The van der Waals surface area contributed by atoms with Crippen LogP contribution in [0.4, 0.5) is 5.69 Å². The number of hydrogen-bond acceptors (Lipinski definition) is 4. The van der Waals surface area contributed by atoms with E-state index in [1.54, 1.807) is 0 Å². The molecular weight excluding hydrogens is 228 g/mol. The minimum absolute atomic E-state index is 0.628. The summed E-state index contributed by atoms with van der Waals surface area (Å²) in [4.78, 5) is 2.36. The van der Waals surface area contributed by atoms with E-state index in [9.17, 15) is 0 Å². The third-order valence-corrected chi connectivity index (χ3v) is 3.38. The number of ether oxygens (including phenoxy) is 2. The summed E-state index contributed by atoms with van der Waals surface area (Å²) in [6, 6.07) is 8.19. The lowest BCUT2D eigenvalue weighted by Gasteiger charge is -2.31. The smallest absolute Gasteiger partial charge is 0.121 e. The van der Waals surface area contributed by atoms with E-state index in [2.05, 4.69) is 11.9 Å². The molecule has 0 saturated carbocycles. The minimum Gasteiger partial charge on any atom is -0.492 e. The lowest BCUT2D eigenvalue weighted by Crippen LogP contribution is -2.38. The first kappa shape index (κ1) is 13.2. The molecule has 0 aliphatic carbocycles. The van der Waals surface area contributed by atoms with E-state index in [4.69, 9.17) is 15.2 Å². The van der Waals surface area contributed by atoms with Crippen molar-refractivity contribution in [1.82, 2.24) is 4.90 Å². The number of hydrogen-bond donors (Lipinski definition) is 1. The van der Waals surface area contributed by atoms with Gasteiger partial charge in [0.1, 0.15) is 12.4 Å². The maximum atomic E-state index is 5.70. The molecule has 0 spiro atoms. The summed E-state index contributed by atoms with van der Waals surface area (Å²) < 4.78 is 11.1.